The maximum Gasteiger partial charge on any atom is 0.341 e. The lowest BCUT2D eigenvalue weighted by Gasteiger charge is -2.17. The molecule has 1 aromatic heterocycles. The minimum absolute atomic E-state index is 0.285. The van der Waals surface area contributed by atoms with Gasteiger partial charge < -0.3 is 9.64 Å². The lowest BCUT2D eigenvalue weighted by Crippen LogP contribution is -2.35. The standard InChI is InChI=1S/C17H17ClN2O3S/c1-11(16(21)20(2)3)23-17(22)12-7-6-10-19-15(12)24-14-9-5-4-8-13(14)18/h4-11H,1-3H3/t11-/m1/s1. The van der Waals surface area contributed by atoms with Crippen LogP contribution in [0.1, 0.15) is 17.3 Å². The first-order valence-corrected chi connectivity index (χ1v) is 8.39. The van der Waals surface area contributed by atoms with Crippen molar-refractivity contribution in [1.29, 1.82) is 0 Å². The van der Waals surface area contributed by atoms with Gasteiger partial charge in [0, 0.05) is 25.2 Å². The number of carbonyl (C=O) groups is 2. The van der Waals surface area contributed by atoms with Gasteiger partial charge in [-0.1, -0.05) is 35.5 Å². The smallest absolute Gasteiger partial charge is 0.341 e. The number of hydrogen-bond donors (Lipinski definition) is 0. The zero-order valence-electron chi connectivity index (χ0n) is 13.5. The van der Waals surface area contributed by atoms with E-state index >= 15 is 0 Å². The largest absolute Gasteiger partial charge is 0.449 e. The molecule has 2 aromatic rings. The molecule has 1 amide bonds. The van der Waals surface area contributed by atoms with Gasteiger partial charge in [0.1, 0.15) is 5.03 Å². The zero-order valence-corrected chi connectivity index (χ0v) is 15.1. The highest BCUT2D eigenvalue weighted by Crippen LogP contribution is 2.33. The van der Waals surface area contributed by atoms with Crippen molar-refractivity contribution in [3.8, 4) is 0 Å². The van der Waals surface area contributed by atoms with Gasteiger partial charge in [-0.3, -0.25) is 4.79 Å². The second-order valence-electron chi connectivity index (χ2n) is 5.17. The maximum absolute atomic E-state index is 12.4. The van der Waals surface area contributed by atoms with Crippen LogP contribution in [0.4, 0.5) is 0 Å². The molecule has 24 heavy (non-hydrogen) atoms. The molecule has 1 atom stereocenters. The Kier molecular flexibility index (Phi) is 6.23. The van der Waals surface area contributed by atoms with Gasteiger partial charge in [-0.15, -0.1) is 0 Å². The highest BCUT2D eigenvalue weighted by atomic mass is 35.5. The van der Waals surface area contributed by atoms with Crippen molar-refractivity contribution >= 4 is 35.2 Å². The molecule has 0 fully saturated rings. The first-order valence-electron chi connectivity index (χ1n) is 7.19. The molecule has 5 nitrogen and oxygen atoms in total. The molecule has 0 spiro atoms. The van der Waals surface area contributed by atoms with Crippen LogP contribution in [0.2, 0.25) is 5.02 Å². The van der Waals surface area contributed by atoms with E-state index < -0.39 is 12.1 Å². The van der Waals surface area contributed by atoms with Gasteiger partial charge >= 0.3 is 5.97 Å². The normalized spacial score (nSPS) is 11.7. The number of pyridine rings is 1. The summed E-state index contributed by atoms with van der Waals surface area (Å²) in [5.41, 5.74) is 0.292. The van der Waals surface area contributed by atoms with Gasteiger partial charge in [0.2, 0.25) is 0 Å². The Labute approximate surface area is 150 Å². The van der Waals surface area contributed by atoms with Gasteiger partial charge in [0.05, 0.1) is 10.6 Å². The topological polar surface area (TPSA) is 59.5 Å². The highest BCUT2D eigenvalue weighted by Gasteiger charge is 2.22. The summed E-state index contributed by atoms with van der Waals surface area (Å²) in [6, 6.07) is 10.5. The Hall–Kier alpha value is -2.05. The molecule has 0 saturated carbocycles. The van der Waals surface area contributed by atoms with Crippen LogP contribution >= 0.6 is 23.4 Å². The summed E-state index contributed by atoms with van der Waals surface area (Å²) in [7, 11) is 3.21. The van der Waals surface area contributed by atoms with Crippen LogP contribution in [0.3, 0.4) is 0 Å². The summed E-state index contributed by atoms with van der Waals surface area (Å²) >= 11 is 7.42. The number of esters is 1. The summed E-state index contributed by atoms with van der Waals surface area (Å²) in [6.45, 7) is 1.54. The SMILES string of the molecule is C[C@@H](OC(=O)c1cccnc1Sc1ccccc1Cl)C(=O)N(C)C. The molecule has 126 valence electrons. The van der Waals surface area contributed by atoms with Crippen LogP contribution in [0.25, 0.3) is 0 Å². The molecule has 0 N–H and O–H groups in total. The third kappa shape index (κ3) is 4.49. The Balaban J connectivity index is 2.21. The van der Waals surface area contributed by atoms with E-state index in [2.05, 4.69) is 4.98 Å². The first-order chi connectivity index (χ1) is 11.4. The number of aromatic nitrogens is 1. The number of hydrogen-bond acceptors (Lipinski definition) is 5. The minimum atomic E-state index is -0.870. The van der Waals surface area contributed by atoms with E-state index in [9.17, 15) is 9.59 Å². The second kappa shape index (κ2) is 8.17. The second-order valence-corrected chi connectivity index (χ2v) is 6.61. The molecule has 0 saturated heterocycles. The van der Waals surface area contributed by atoms with Gasteiger partial charge in [-0.2, -0.15) is 0 Å². The van der Waals surface area contributed by atoms with Crippen molar-refractivity contribution in [3.05, 3.63) is 53.2 Å². The van der Waals surface area contributed by atoms with Gasteiger partial charge in [-0.25, -0.2) is 9.78 Å². The Bertz CT molecular complexity index is 752. The van der Waals surface area contributed by atoms with Crippen molar-refractivity contribution in [3.63, 3.8) is 0 Å². The van der Waals surface area contributed by atoms with E-state index in [0.29, 0.717) is 15.6 Å². The molecule has 0 bridgehead atoms. The molecule has 0 unspecified atom stereocenters. The number of halogens is 1. The maximum atomic E-state index is 12.4. The van der Waals surface area contributed by atoms with E-state index in [0.717, 1.165) is 4.90 Å². The van der Waals surface area contributed by atoms with Gasteiger partial charge in [-0.05, 0) is 31.2 Å². The Morgan fingerprint density at radius 2 is 1.92 bits per heavy atom. The van der Waals surface area contributed by atoms with E-state index in [-0.39, 0.29) is 5.91 Å². The summed E-state index contributed by atoms with van der Waals surface area (Å²) < 4.78 is 5.25. The number of rotatable bonds is 5. The molecular weight excluding hydrogens is 348 g/mol. The molecular formula is C17H17ClN2O3S. The zero-order chi connectivity index (χ0) is 17.7. The number of likely N-dealkylation sites (N-methyl/N-ethyl adjacent to an activating group) is 1. The van der Waals surface area contributed by atoms with Crippen molar-refractivity contribution in [1.82, 2.24) is 9.88 Å². The van der Waals surface area contributed by atoms with Crippen LogP contribution in [0.5, 0.6) is 0 Å². The van der Waals surface area contributed by atoms with E-state index in [4.69, 9.17) is 16.3 Å². The monoisotopic (exact) mass is 364 g/mol. The molecule has 1 heterocycles. The van der Waals surface area contributed by atoms with E-state index in [1.165, 1.54) is 23.6 Å². The van der Waals surface area contributed by atoms with E-state index in [1.54, 1.807) is 38.5 Å². The number of amides is 1. The summed E-state index contributed by atoms with van der Waals surface area (Å²) in [5.74, 6) is -0.882. The molecule has 0 aliphatic carbocycles. The van der Waals surface area contributed by atoms with Crippen LogP contribution in [-0.4, -0.2) is 42.0 Å². The third-order valence-corrected chi connectivity index (χ3v) is 4.64. The minimum Gasteiger partial charge on any atom is -0.449 e. The Morgan fingerprint density at radius 1 is 1.21 bits per heavy atom. The number of ether oxygens (including phenoxy) is 1. The van der Waals surface area contributed by atoms with Crippen LogP contribution in [-0.2, 0) is 9.53 Å². The lowest BCUT2D eigenvalue weighted by molar-refractivity contribution is -0.137. The fourth-order valence-electron chi connectivity index (χ4n) is 1.90. The van der Waals surface area contributed by atoms with Crippen LogP contribution < -0.4 is 0 Å². The number of nitrogens with zero attached hydrogens (tertiary/aromatic N) is 2. The predicted molar refractivity (Wildman–Crippen MR) is 93.4 cm³/mol. The Morgan fingerprint density at radius 3 is 2.58 bits per heavy atom. The quantitative estimate of drug-likeness (QED) is 0.760. The summed E-state index contributed by atoms with van der Waals surface area (Å²) in [4.78, 5) is 30.6. The molecule has 1 aromatic carbocycles. The van der Waals surface area contributed by atoms with E-state index in [1.807, 2.05) is 18.2 Å². The molecule has 0 radical (unpaired) electrons. The molecule has 2 rings (SSSR count). The summed E-state index contributed by atoms with van der Waals surface area (Å²) in [5, 5.41) is 1.05. The lowest BCUT2D eigenvalue weighted by atomic mass is 10.3. The number of carbonyl (C=O) groups excluding carboxylic acids is 2. The highest BCUT2D eigenvalue weighted by molar-refractivity contribution is 7.99. The molecule has 0 aliphatic heterocycles. The summed E-state index contributed by atoms with van der Waals surface area (Å²) in [6.07, 6.45) is 0.718. The fraction of sp³-hybridized carbons (Fsp3) is 0.235. The fourth-order valence-corrected chi connectivity index (χ4v) is 3.04. The first kappa shape index (κ1) is 18.3. The molecule has 0 aliphatic rings. The third-order valence-electron chi connectivity index (χ3n) is 3.11. The van der Waals surface area contributed by atoms with Crippen molar-refractivity contribution in [2.24, 2.45) is 0 Å². The van der Waals surface area contributed by atoms with Crippen molar-refractivity contribution in [2.45, 2.75) is 22.9 Å². The van der Waals surface area contributed by atoms with Gasteiger partial charge in [0.25, 0.3) is 5.91 Å². The van der Waals surface area contributed by atoms with Gasteiger partial charge in [0.15, 0.2) is 6.10 Å². The molecule has 7 heteroatoms. The number of benzene rings is 1. The average Bonchev–Trinajstić information content (AvgIpc) is 2.56. The van der Waals surface area contributed by atoms with Crippen LogP contribution in [0, 0.1) is 0 Å². The van der Waals surface area contributed by atoms with Crippen LogP contribution in [0.15, 0.2) is 52.5 Å². The predicted octanol–water partition coefficient (Wildman–Crippen LogP) is 3.52. The van der Waals surface area contributed by atoms with Crippen molar-refractivity contribution in [2.75, 3.05) is 14.1 Å². The van der Waals surface area contributed by atoms with Crippen molar-refractivity contribution < 1.29 is 14.3 Å². The average molecular weight is 365 g/mol.